The normalized spacial score (nSPS) is 14.6. The number of ether oxygens (including phenoxy) is 2. The molecule has 0 N–H and O–H groups in total. The maximum atomic E-state index is 12.5. The third-order valence-corrected chi connectivity index (χ3v) is 3.98. The zero-order valence-electron chi connectivity index (χ0n) is 14.5. The maximum absolute atomic E-state index is 12.5. The molecule has 0 saturated heterocycles. The van der Waals surface area contributed by atoms with Gasteiger partial charge in [0.1, 0.15) is 18.1 Å². The largest absolute Gasteiger partial charge is 0.486 e. The summed E-state index contributed by atoms with van der Waals surface area (Å²) >= 11 is 0. The fourth-order valence-electron chi connectivity index (χ4n) is 2.57. The maximum Gasteiger partial charge on any atom is 0.231 e. The summed E-state index contributed by atoms with van der Waals surface area (Å²) in [6.07, 6.45) is 1.74. The van der Waals surface area contributed by atoms with Crippen molar-refractivity contribution in [2.75, 3.05) is 6.61 Å². The van der Waals surface area contributed by atoms with Crippen LogP contribution in [-0.2, 0) is 4.79 Å². The first-order valence-electron chi connectivity index (χ1n) is 8.24. The molecule has 4 heteroatoms. The second-order valence-corrected chi connectivity index (χ2v) is 6.41. The summed E-state index contributed by atoms with van der Waals surface area (Å²) in [6, 6.07) is 13.0. The van der Waals surface area contributed by atoms with Crippen molar-refractivity contribution in [1.82, 2.24) is 0 Å². The molecule has 0 saturated carbocycles. The van der Waals surface area contributed by atoms with Crippen molar-refractivity contribution >= 4 is 17.6 Å². The Balaban J connectivity index is 1.80. The van der Waals surface area contributed by atoms with Crippen LogP contribution in [0.2, 0.25) is 0 Å². The molecule has 0 atom stereocenters. The number of carbonyl (C=O) groups excluding carboxylic acids is 2. The Morgan fingerprint density at radius 1 is 1.16 bits per heavy atom. The van der Waals surface area contributed by atoms with E-state index in [0.29, 0.717) is 23.0 Å². The zero-order chi connectivity index (χ0) is 18.0. The molecule has 2 aromatic rings. The first-order chi connectivity index (χ1) is 11.9. The number of hydrogen-bond donors (Lipinski definition) is 0. The molecule has 3 rings (SSSR count). The van der Waals surface area contributed by atoms with Gasteiger partial charge in [0.05, 0.1) is 5.56 Å². The highest BCUT2D eigenvalue weighted by atomic mass is 16.5. The van der Waals surface area contributed by atoms with Crippen LogP contribution in [0.5, 0.6) is 11.5 Å². The van der Waals surface area contributed by atoms with E-state index in [2.05, 4.69) is 26.0 Å². The van der Waals surface area contributed by atoms with Crippen molar-refractivity contribution in [2.24, 2.45) is 0 Å². The molecule has 0 fully saturated rings. The smallest absolute Gasteiger partial charge is 0.231 e. The number of allylic oxidation sites excluding steroid dienone is 1. The molecule has 2 aromatic carbocycles. The minimum atomic E-state index is -0.152. The molecule has 0 spiro atoms. The molecule has 128 valence electrons. The van der Waals surface area contributed by atoms with Gasteiger partial charge in [-0.3, -0.25) is 9.59 Å². The van der Waals surface area contributed by atoms with Crippen LogP contribution in [0.25, 0.3) is 6.08 Å². The van der Waals surface area contributed by atoms with E-state index in [1.165, 1.54) is 12.5 Å². The van der Waals surface area contributed by atoms with Gasteiger partial charge in [0.15, 0.2) is 11.5 Å². The molecule has 0 unspecified atom stereocenters. The first kappa shape index (κ1) is 17.0. The molecule has 25 heavy (non-hydrogen) atoms. The fraction of sp³-hybridized carbons (Fsp3) is 0.238. The van der Waals surface area contributed by atoms with Gasteiger partial charge in [-0.15, -0.1) is 0 Å². The number of rotatable bonds is 5. The molecule has 0 aliphatic carbocycles. The lowest BCUT2D eigenvalue weighted by molar-refractivity contribution is -0.118. The van der Waals surface area contributed by atoms with Gasteiger partial charge in [-0.1, -0.05) is 38.1 Å². The van der Waals surface area contributed by atoms with Crippen LogP contribution in [0.3, 0.4) is 0 Å². The highest BCUT2D eigenvalue weighted by Gasteiger charge is 2.27. The number of fused-ring (bicyclic) bond motifs is 1. The Labute approximate surface area is 147 Å². The average Bonchev–Trinajstić information content (AvgIpc) is 2.89. The molecule has 0 aromatic heterocycles. The van der Waals surface area contributed by atoms with E-state index < -0.39 is 0 Å². The van der Waals surface area contributed by atoms with Gasteiger partial charge in [0.25, 0.3) is 0 Å². The summed E-state index contributed by atoms with van der Waals surface area (Å²) in [4.78, 5) is 23.5. The van der Waals surface area contributed by atoms with E-state index in [9.17, 15) is 9.59 Å². The van der Waals surface area contributed by atoms with E-state index in [-0.39, 0.29) is 23.9 Å². The predicted octanol–water partition coefficient (Wildman–Crippen LogP) is 4.39. The highest BCUT2D eigenvalue weighted by Crippen LogP contribution is 2.35. The molecule has 1 aliphatic heterocycles. The summed E-state index contributed by atoms with van der Waals surface area (Å²) in [5, 5.41) is 0. The van der Waals surface area contributed by atoms with E-state index in [1.54, 1.807) is 24.3 Å². The Bertz CT molecular complexity index is 845. The number of benzene rings is 2. The van der Waals surface area contributed by atoms with Crippen molar-refractivity contribution in [3.05, 3.63) is 64.9 Å². The zero-order valence-corrected chi connectivity index (χ0v) is 14.5. The number of carbonyl (C=O) groups is 2. The van der Waals surface area contributed by atoms with Gasteiger partial charge in [0.2, 0.25) is 5.78 Å². The second-order valence-electron chi connectivity index (χ2n) is 6.41. The SMILES string of the molecule is CC(=O)COc1ccc2c(c1)OC(=Cc1ccc(C(C)C)cc1)C2=O. The van der Waals surface area contributed by atoms with Crippen LogP contribution < -0.4 is 9.47 Å². The Kier molecular flexibility index (Phi) is 4.70. The van der Waals surface area contributed by atoms with Crippen LogP contribution in [0, 0.1) is 0 Å². The minimum Gasteiger partial charge on any atom is -0.486 e. The van der Waals surface area contributed by atoms with Gasteiger partial charge in [-0.05, 0) is 42.2 Å². The third kappa shape index (κ3) is 3.79. The molecular weight excluding hydrogens is 316 g/mol. The summed E-state index contributed by atoms with van der Waals surface area (Å²) in [5.41, 5.74) is 2.66. The fourth-order valence-corrected chi connectivity index (χ4v) is 2.57. The topological polar surface area (TPSA) is 52.6 Å². The predicted molar refractivity (Wildman–Crippen MR) is 96.1 cm³/mol. The summed E-state index contributed by atoms with van der Waals surface area (Å²) in [6.45, 7) is 5.73. The van der Waals surface area contributed by atoms with Crippen LogP contribution in [0.4, 0.5) is 0 Å². The van der Waals surface area contributed by atoms with Crippen molar-refractivity contribution in [3.8, 4) is 11.5 Å². The lowest BCUT2D eigenvalue weighted by Gasteiger charge is -2.05. The first-order valence-corrected chi connectivity index (χ1v) is 8.24. The molecular formula is C21H20O4. The van der Waals surface area contributed by atoms with Gasteiger partial charge >= 0.3 is 0 Å². The van der Waals surface area contributed by atoms with Crippen molar-refractivity contribution in [2.45, 2.75) is 26.7 Å². The van der Waals surface area contributed by atoms with Crippen LogP contribution in [0.1, 0.15) is 48.2 Å². The van der Waals surface area contributed by atoms with Gasteiger partial charge in [-0.25, -0.2) is 0 Å². The number of hydrogen-bond acceptors (Lipinski definition) is 4. The summed E-state index contributed by atoms with van der Waals surface area (Å²) in [5.74, 6) is 1.49. The highest BCUT2D eigenvalue weighted by molar-refractivity contribution is 6.14. The van der Waals surface area contributed by atoms with Crippen molar-refractivity contribution < 1.29 is 19.1 Å². The van der Waals surface area contributed by atoms with E-state index >= 15 is 0 Å². The molecule has 1 heterocycles. The van der Waals surface area contributed by atoms with Gasteiger partial charge in [-0.2, -0.15) is 0 Å². The van der Waals surface area contributed by atoms with Gasteiger partial charge < -0.3 is 9.47 Å². The molecule has 1 aliphatic rings. The van der Waals surface area contributed by atoms with Crippen LogP contribution in [0.15, 0.2) is 48.2 Å². The van der Waals surface area contributed by atoms with E-state index in [4.69, 9.17) is 9.47 Å². The standard InChI is InChI=1S/C21H20O4/c1-13(2)16-6-4-15(5-7-16)10-20-21(23)18-9-8-17(11-19(18)25-20)24-12-14(3)22/h4-11,13H,12H2,1-3H3. The quantitative estimate of drug-likeness (QED) is 0.760. The van der Waals surface area contributed by atoms with Crippen LogP contribution >= 0.6 is 0 Å². The third-order valence-electron chi connectivity index (χ3n) is 3.98. The molecule has 4 nitrogen and oxygen atoms in total. The van der Waals surface area contributed by atoms with Crippen LogP contribution in [-0.4, -0.2) is 18.2 Å². The molecule has 0 amide bonds. The second kappa shape index (κ2) is 6.93. The minimum absolute atomic E-state index is 0.00235. The van der Waals surface area contributed by atoms with Crippen molar-refractivity contribution in [3.63, 3.8) is 0 Å². The Hall–Kier alpha value is -2.88. The lowest BCUT2D eigenvalue weighted by atomic mass is 10.0. The Morgan fingerprint density at radius 3 is 2.52 bits per heavy atom. The number of Topliss-reactive ketones (excluding diaryl/α,β-unsaturated/α-hetero) is 2. The van der Waals surface area contributed by atoms with E-state index in [0.717, 1.165) is 5.56 Å². The lowest BCUT2D eigenvalue weighted by Crippen LogP contribution is -2.06. The van der Waals surface area contributed by atoms with Gasteiger partial charge in [0, 0.05) is 6.07 Å². The summed E-state index contributed by atoms with van der Waals surface area (Å²) < 4.78 is 11.1. The summed E-state index contributed by atoms with van der Waals surface area (Å²) in [7, 11) is 0. The number of ketones is 2. The average molecular weight is 336 g/mol. The Morgan fingerprint density at radius 2 is 1.88 bits per heavy atom. The molecule has 0 bridgehead atoms. The van der Waals surface area contributed by atoms with Crippen molar-refractivity contribution in [1.29, 1.82) is 0 Å². The molecule has 0 radical (unpaired) electrons. The monoisotopic (exact) mass is 336 g/mol. The van der Waals surface area contributed by atoms with E-state index in [1.807, 2.05) is 12.1 Å².